The predicted octanol–water partition coefficient (Wildman–Crippen LogP) is 5.19. The number of pyridine rings is 1. The fourth-order valence-electron chi connectivity index (χ4n) is 3.94. The third-order valence-electron chi connectivity index (χ3n) is 5.37. The number of fused-ring (bicyclic) bond motifs is 1. The number of piperidine rings is 1. The van der Waals surface area contributed by atoms with Gasteiger partial charge in [-0.15, -0.1) is 0 Å². The van der Waals surface area contributed by atoms with Gasteiger partial charge in [-0.25, -0.2) is 4.98 Å². The van der Waals surface area contributed by atoms with E-state index in [4.69, 9.17) is 9.51 Å². The molecule has 0 saturated carbocycles. The van der Waals surface area contributed by atoms with Crippen LogP contribution >= 0.6 is 0 Å². The van der Waals surface area contributed by atoms with Crippen molar-refractivity contribution in [2.24, 2.45) is 5.92 Å². The van der Waals surface area contributed by atoms with Crippen LogP contribution in [0.2, 0.25) is 0 Å². The first-order valence-electron chi connectivity index (χ1n) is 9.82. The highest BCUT2D eigenvalue weighted by Crippen LogP contribution is 2.33. The van der Waals surface area contributed by atoms with E-state index in [-0.39, 0.29) is 0 Å². The summed E-state index contributed by atoms with van der Waals surface area (Å²) in [6.07, 6.45) is 2.48. The lowest BCUT2D eigenvalue weighted by Gasteiger charge is -2.32. The van der Waals surface area contributed by atoms with Gasteiger partial charge in [0, 0.05) is 24.0 Å². The van der Waals surface area contributed by atoms with Gasteiger partial charge in [-0.05, 0) is 30.9 Å². The Morgan fingerprint density at radius 2 is 1.82 bits per heavy atom. The second kappa shape index (κ2) is 7.08. The van der Waals surface area contributed by atoms with Gasteiger partial charge in [-0.3, -0.25) is 0 Å². The largest absolute Gasteiger partial charge is 0.356 e. The Morgan fingerprint density at radius 3 is 2.68 bits per heavy atom. The second-order valence-electron chi connectivity index (χ2n) is 7.53. The average Bonchev–Trinajstić information content (AvgIpc) is 3.24. The van der Waals surface area contributed by atoms with Crippen molar-refractivity contribution >= 4 is 16.7 Å². The number of hydrogen-bond donors (Lipinski definition) is 0. The molecule has 0 N–H and O–H groups in total. The molecule has 0 radical (unpaired) electrons. The van der Waals surface area contributed by atoms with Crippen LogP contribution in [0.1, 0.15) is 19.8 Å². The minimum atomic E-state index is 0.531. The van der Waals surface area contributed by atoms with E-state index in [1.54, 1.807) is 0 Å². The molecule has 1 fully saturated rings. The van der Waals surface area contributed by atoms with E-state index in [1.165, 1.54) is 12.8 Å². The summed E-state index contributed by atoms with van der Waals surface area (Å²) in [5.41, 5.74) is 2.84. The van der Waals surface area contributed by atoms with Crippen LogP contribution in [-0.4, -0.2) is 28.2 Å². The van der Waals surface area contributed by atoms with Gasteiger partial charge in [0.25, 0.3) is 5.89 Å². The van der Waals surface area contributed by atoms with E-state index in [0.29, 0.717) is 17.6 Å². The number of para-hydroxylation sites is 1. The van der Waals surface area contributed by atoms with E-state index < -0.39 is 0 Å². The molecule has 1 saturated heterocycles. The van der Waals surface area contributed by atoms with Crippen molar-refractivity contribution in [1.82, 2.24) is 15.1 Å². The molecule has 0 amide bonds. The zero-order valence-electron chi connectivity index (χ0n) is 15.9. The third kappa shape index (κ3) is 3.13. The lowest BCUT2D eigenvalue weighted by atomic mass is 10.00. The van der Waals surface area contributed by atoms with Crippen molar-refractivity contribution in [3.8, 4) is 22.8 Å². The minimum Gasteiger partial charge on any atom is -0.356 e. The first-order chi connectivity index (χ1) is 13.8. The molecule has 1 atom stereocenters. The number of hydrogen-bond acceptors (Lipinski definition) is 5. The quantitative estimate of drug-likeness (QED) is 0.497. The number of nitrogens with zero attached hydrogens (tertiary/aromatic N) is 4. The lowest BCUT2D eigenvalue weighted by Crippen LogP contribution is -2.34. The Hall–Kier alpha value is -3.21. The molecule has 3 heterocycles. The van der Waals surface area contributed by atoms with Gasteiger partial charge in [-0.2, -0.15) is 4.98 Å². The van der Waals surface area contributed by atoms with E-state index in [9.17, 15) is 0 Å². The van der Waals surface area contributed by atoms with Crippen LogP contribution in [-0.2, 0) is 0 Å². The molecule has 1 aliphatic rings. The van der Waals surface area contributed by atoms with Crippen molar-refractivity contribution in [2.45, 2.75) is 19.8 Å². The minimum absolute atomic E-state index is 0.531. The molecular formula is C23H22N4O. The Kier molecular flexibility index (Phi) is 4.28. The van der Waals surface area contributed by atoms with Crippen LogP contribution in [0.4, 0.5) is 5.82 Å². The molecule has 1 aliphatic heterocycles. The normalized spacial score (nSPS) is 17.2. The number of benzene rings is 2. The second-order valence-corrected chi connectivity index (χ2v) is 7.53. The molecule has 2 aromatic heterocycles. The first kappa shape index (κ1) is 16.9. The maximum atomic E-state index is 5.67. The molecule has 5 nitrogen and oxygen atoms in total. The zero-order valence-corrected chi connectivity index (χ0v) is 15.9. The smallest absolute Gasteiger partial charge is 0.259 e. The monoisotopic (exact) mass is 370 g/mol. The van der Waals surface area contributed by atoms with Crippen LogP contribution in [0.25, 0.3) is 33.7 Å². The summed E-state index contributed by atoms with van der Waals surface area (Å²) in [4.78, 5) is 12.0. The number of aromatic nitrogens is 3. The Bertz CT molecular complexity index is 1110. The molecular weight excluding hydrogens is 348 g/mol. The third-order valence-corrected chi connectivity index (χ3v) is 5.37. The molecule has 5 heteroatoms. The molecule has 5 rings (SSSR count). The summed E-state index contributed by atoms with van der Waals surface area (Å²) in [6, 6.07) is 20.1. The Balaban J connectivity index is 1.61. The van der Waals surface area contributed by atoms with Gasteiger partial charge in [0.05, 0.1) is 11.1 Å². The molecule has 1 unspecified atom stereocenters. The molecule has 0 bridgehead atoms. The molecule has 4 aromatic rings. The molecule has 2 aromatic carbocycles. The van der Waals surface area contributed by atoms with Crippen molar-refractivity contribution in [3.63, 3.8) is 0 Å². The van der Waals surface area contributed by atoms with Crippen LogP contribution in [0.5, 0.6) is 0 Å². The molecule has 0 aliphatic carbocycles. The fraction of sp³-hybridized carbons (Fsp3) is 0.261. The molecule has 140 valence electrons. The summed E-state index contributed by atoms with van der Waals surface area (Å²) in [5.74, 6) is 2.80. The zero-order chi connectivity index (χ0) is 18.9. The van der Waals surface area contributed by atoms with Crippen LogP contribution < -0.4 is 4.90 Å². The summed E-state index contributed by atoms with van der Waals surface area (Å²) in [5, 5.41) is 5.23. The van der Waals surface area contributed by atoms with Crippen LogP contribution in [0.3, 0.4) is 0 Å². The summed E-state index contributed by atoms with van der Waals surface area (Å²) < 4.78 is 5.67. The summed E-state index contributed by atoms with van der Waals surface area (Å²) in [6.45, 7) is 4.37. The predicted molar refractivity (Wildman–Crippen MR) is 111 cm³/mol. The number of rotatable bonds is 3. The van der Waals surface area contributed by atoms with Gasteiger partial charge < -0.3 is 9.42 Å². The molecule has 0 spiro atoms. The first-order valence-corrected chi connectivity index (χ1v) is 9.82. The van der Waals surface area contributed by atoms with Crippen LogP contribution in [0, 0.1) is 5.92 Å². The maximum absolute atomic E-state index is 5.67. The standard InChI is InChI=1S/C23H22N4O/c1-16-8-7-13-27(15-16)21-14-19(18-11-5-6-12-20(18)24-21)23-25-22(26-28-23)17-9-3-2-4-10-17/h2-6,9-12,14,16H,7-8,13,15H2,1H3. The highest BCUT2D eigenvalue weighted by Gasteiger charge is 2.21. The van der Waals surface area contributed by atoms with E-state index in [0.717, 1.165) is 40.9 Å². The van der Waals surface area contributed by atoms with E-state index in [1.807, 2.05) is 48.5 Å². The van der Waals surface area contributed by atoms with Gasteiger partial charge >= 0.3 is 0 Å². The highest BCUT2D eigenvalue weighted by atomic mass is 16.5. The highest BCUT2D eigenvalue weighted by molar-refractivity contribution is 5.94. The van der Waals surface area contributed by atoms with E-state index in [2.05, 4.69) is 34.1 Å². The van der Waals surface area contributed by atoms with Crippen molar-refractivity contribution in [3.05, 3.63) is 60.7 Å². The topological polar surface area (TPSA) is 55.1 Å². The fourth-order valence-corrected chi connectivity index (χ4v) is 3.94. The number of anilines is 1. The van der Waals surface area contributed by atoms with Crippen molar-refractivity contribution in [2.75, 3.05) is 18.0 Å². The lowest BCUT2D eigenvalue weighted by molar-refractivity contribution is 0.432. The summed E-state index contributed by atoms with van der Waals surface area (Å²) >= 11 is 0. The van der Waals surface area contributed by atoms with Crippen LogP contribution in [0.15, 0.2) is 65.2 Å². The van der Waals surface area contributed by atoms with E-state index >= 15 is 0 Å². The maximum Gasteiger partial charge on any atom is 0.259 e. The SMILES string of the molecule is CC1CCCN(c2cc(-c3nc(-c4ccccc4)no3)c3ccccc3n2)C1. The average molecular weight is 370 g/mol. The Labute approximate surface area is 164 Å². The molecule has 28 heavy (non-hydrogen) atoms. The Morgan fingerprint density at radius 1 is 1.00 bits per heavy atom. The van der Waals surface area contributed by atoms with Crippen molar-refractivity contribution < 1.29 is 4.52 Å². The van der Waals surface area contributed by atoms with Gasteiger partial charge in [0.15, 0.2) is 0 Å². The van der Waals surface area contributed by atoms with Gasteiger partial charge in [-0.1, -0.05) is 60.6 Å². The van der Waals surface area contributed by atoms with Crippen molar-refractivity contribution in [1.29, 1.82) is 0 Å². The van der Waals surface area contributed by atoms with Gasteiger partial charge in [0.2, 0.25) is 5.82 Å². The van der Waals surface area contributed by atoms with Gasteiger partial charge in [0.1, 0.15) is 5.82 Å². The summed E-state index contributed by atoms with van der Waals surface area (Å²) in [7, 11) is 0.